The Balaban J connectivity index is 2.20. The van der Waals surface area contributed by atoms with E-state index in [4.69, 9.17) is 5.11 Å². The molecule has 0 radical (unpaired) electrons. The molecule has 0 bridgehead atoms. The predicted octanol–water partition coefficient (Wildman–Crippen LogP) is 0.833. The highest BCUT2D eigenvalue weighted by molar-refractivity contribution is 4.75. The SMILES string of the molecule is CCCCCN1CCCNC(CO)C1. The molecule has 1 aliphatic rings. The lowest BCUT2D eigenvalue weighted by atomic mass is 10.2. The van der Waals surface area contributed by atoms with Crippen LogP contribution in [0.5, 0.6) is 0 Å². The molecule has 1 heterocycles. The first kappa shape index (κ1) is 12.0. The average Bonchev–Trinajstić information content (AvgIpc) is 2.43. The molecule has 0 aromatic carbocycles. The lowest BCUT2D eigenvalue weighted by Gasteiger charge is -2.22. The van der Waals surface area contributed by atoms with Crippen LogP contribution in [-0.2, 0) is 0 Å². The van der Waals surface area contributed by atoms with Gasteiger partial charge < -0.3 is 15.3 Å². The number of nitrogens with one attached hydrogen (secondary N) is 1. The molecular formula is C11H24N2O. The zero-order valence-electron chi connectivity index (χ0n) is 9.34. The van der Waals surface area contributed by atoms with E-state index in [1.165, 1.54) is 38.8 Å². The number of nitrogens with zero attached hydrogens (tertiary/aromatic N) is 1. The van der Waals surface area contributed by atoms with Crippen LogP contribution in [-0.4, -0.2) is 48.8 Å². The van der Waals surface area contributed by atoms with E-state index in [0.29, 0.717) is 6.04 Å². The highest BCUT2D eigenvalue weighted by Gasteiger charge is 2.15. The summed E-state index contributed by atoms with van der Waals surface area (Å²) in [5.41, 5.74) is 0. The van der Waals surface area contributed by atoms with Crippen LogP contribution in [0.4, 0.5) is 0 Å². The van der Waals surface area contributed by atoms with Gasteiger partial charge in [0.25, 0.3) is 0 Å². The summed E-state index contributed by atoms with van der Waals surface area (Å²) in [6, 6.07) is 0.291. The van der Waals surface area contributed by atoms with Gasteiger partial charge in [0.2, 0.25) is 0 Å². The van der Waals surface area contributed by atoms with Crippen molar-refractivity contribution in [2.45, 2.75) is 38.6 Å². The van der Waals surface area contributed by atoms with Gasteiger partial charge in [-0.05, 0) is 32.5 Å². The van der Waals surface area contributed by atoms with Crippen molar-refractivity contribution in [3.05, 3.63) is 0 Å². The van der Waals surface area contributed by atoms with Gasteiger partial charge in [0, 0.05) is 12.6 Å². The summed E-state index contributed by atoms with van der Waals surface area (Å²) in [6.07, 6.45) is 5.13. The summed E-state index contributed by atoms with van der Waals surface area (Å²) >= 11 is 0. The molecule has 1 unspecified atom stereocenters. The summed E-state index contributed by atoms with van der Waals surface area (Å²) in [5.74, 6) is 0. The Kier molecular flexibility index (Phi) is 6.15. The molecule has 0 aromatic heterocycles. The molecule has 0 amide bonds. The molecule has 0 aliphatic carbocycles. The van der Waals surface area contributed by atoms with Crippen LogP contribution in [0, 0.1) is 0 Å². The molecule has 1 saturated heterocycles. The number of hydrogen-bond donors (Lipinski definition) is 2. The predicted molar refractivity (Wildman–Crippen MR) is 59.5 cm³/mol. The van der Waals surface area contributed by atoms with Crippen molar-refractivity contribution in [1.82, 2.24) is 10.2 Å². The maximum absolute atomic E-state index is 9.12. The molecule has 0 saturated carbocycles. The minimum absolute atomic E-state index is 0.268. The molecule has 14 heavy (non-hydrogen) atoms. The van der Waals surface area contributed by atoms with E-state index >= 15 is 0 Å². The summed E-state index contributed by atoms with van der Waals surface area (Å²) in [5, 5.41) is 12.5. The lowest BCUT2D eigenvalue weighted by Crippen LogP contribution is -2.40. The van der Waals surface area contributed by atoms with Crippen LogP contribution in [0.1, 0.15) is 32.6 Å². The summed E-state index contributed by atoms with van der Waals surface area (Å²) < 4.78 is 0. The minimum atomic E-state index is 0.268. The van der Waals surface area contributed by atoms with Gasteiger partial charge in [-0.25, -0.2) is 0 Å². The average molecular weight is 200 g/mol. The first-order valence-corrected chi connectivity index (χ1v) is 5.93. The molecule has 1 rings (SSSR count). The van der Waals surface area contributed by atoms with Crippen molar-refractivity contribution in [2.24, 2.45) is 0 Å². The topological polar surface area (TPSA) is 35.5 Å². The van der Waals surface area contributed by atoms with Crippen LogP contribution in [0.15, 0.2) is 0 Å². The maximum atomic E-state index is 9.12. The molecule has 3 nitrogen and oxygen atoms in total. The normalized spacial score (nSPS) is 24.9. The van der Waals surface area contributed by atoms with Crippen molar-refractivity contribution in [2.75, 3.05) is 32.8 Å². The van der Waals surface area contributed by atoms with E-state index in [2.05, 4.69) is 17.1 Å². The molecule has 0 spiro atoms. The fraction of sp³-hybridized carbons (Fsp3) is 1.00. The number of unbranched alkanes of at least 4 members (excludes halogenated alkanes) is 2. The smallest absolute Gasteiger partial charge is 0.0597 e. The highest BCUT2D eigenvalue weighted by atomic mass is 16.3. The summed E-state index contributed by atoms with van der Waals surface area (Å²) in [4.78, 5) is 2.48. The fourth-order valence-electron chi connectivity index (χ4n) is 1.99. The molecule has 2 N–H and O–H groups in total. The second-order valence-corrected chi connectivity index (χ2v) is 4.19. The van der Waals surface area contributed by atoms with Gasteiger partial charge in [-0.1, -0.05) is 19.8 Å². The summed E-state index contributed by atoms with van der Waals surface area (Å²) in [7, 11) is 0. The van der Waals surface area contributed by atoms with E-state index in [0.717, 1.165) is 13.1 Å². The Labute approximate surface area is 87.5 Å². The quantitative estimate of drug-likeness (QED) is 0.645. The Morgan fingerprint density at radius 3 is 3.00 bits per heavy atom. The third-order valence-electron chi connectivity index (χ3n) is 2.86. The highest BCUT2D eigenvalue weighted by Crippen LogP contribution is 2.03. The zero-order valence-corrected chi connectivity index (χ0v) is 9.34. The molecule has 84 valence electrons. The lowest BCUT2D eigenvalue weighted by molar-refractivity contribution is 0.198. The van der Waals surface area contributed by atoms with Crippen molar-refractivity contribution in [3.8, 4) is 0 Å². The van der Waals surface area contributed by atoms with Crippen LogP contribution in [0.25, 0.3) is 0 Å². The van der Waals surface area contributed by atoms with Crippen LogP contribution in [0.3, 0.4) is 0 Å². The van der Waals surface area contributed by atoms with Gasteiger partial charge >= 0.3 is 0 Å². The number of aliphatic hydroxyl groups is 1. The van der Waals surface area contributed by atoms with Crippen molar-refractivity contribution in [3.63, 3.8) is 0 Å². The molecule has 1 atom stereocenters. The second-order valence-electron chi connectivity index (χ2n) is 4.19. The third-order valence-corrected chi connectivity index (χ3v) is 2.86. The largest absolute Gasteiger partial charge is 0.395 e. The van der Waals surface area contributed by atoms with E-state index < -0.39 is 0 Å². The third kappa shape index (κ3) is 4.40. The first-order valence-electron chi connectivity index (χ1n) is 5.93. The number of aliphatic hydroxyl groups excluding tert-OH is 1. The fourth-order valence-corrected chi connectivity index (χ4v) is 1.99. The van der Waals surface area contributed by atoms with Gasteiger partial charge in [0.15, 0.2) is 0 Å². The second kappa shape index (κ2) is 7.21. The molecule has 1 fully saturated rings. The Morgan fingerprint density at radius 1 is 1.43 bits per heavy atom. The Morgan fingerprint density at radius 2 is 2.29 bits per heavy atom. The molecule has 3 heteroatoms. The van der Waals surface area contributed by atoms with Crippen molar-refractivity contribution < 1.29 is 5.11 Å². The zero-order chi connectivity index (χ0) is 10.2. The summed E-state index contributed by atoms with van der Waals surface area (Å²) in [6.45, 7) is 6.96. The molecule has 1 aliphatic heterocycles. The van der Waals surface area contributed by atoms with E-state index in [-0.39, 0.29) is 6.61 Å². The number of hydrogen-bond acceptors (Lipinski definition) is 3. The van der Waals surface area contributed by atoms with Gasteiger partial charge in [-0.2, -0.15) is 0 Å². The van der Waals surface area contributed by atoms with E-state index in [1.807, 2.05) is 0 Å². The Bertz CT molecular complexity index is 141. The maximum Gasteiger partial charge on any atom is 0.0597 e. The van der Waals surface area contributed by atoms with E-state index in [1.54, 1.807) is 0 Å². The van der Waals surface area contributed by atoms with Gasteiger partial charge in [0.1, 0.15) is 0 Å². The van der Waals surface area contributed by atoms with Crippen molar-refractivity contribution in [1.29, 1.82) is 0 Å². The minimum Gasteiger partial charge on any atom is -0.395 e. The van der Waals surface area contributed by atoms with Crippen molar-refractivity contribution >= 4 is 0 Å². The monoisotopic (exact) mass is 200 g/mol. The van der Waals surface area contributed by atoms with E-state index in [9.17, 15) is 0 Å². The van der Waals surface area contributed by atoms with Gasteiger partial charge in [-0.3, -0.25) is 0 Å². The Hall–Kier alpha value is -0.120. The van der Waals surface area contributed by atoms with Gasteiger partial charge in [0.05, 0.1) is 6.61 Å². The van der Waals surface area contributed by atoms with Crippen LogP contribution < -0.4 is 5.32 Å². The number of rotatable bonds is 5. The van der Waals surface area contributed by atoms with Crippen LogP contribution in [0.2, 0.25) is 0 Å². The van der Waals surface area contributed by atoms with Crippen LogP contribution >= 0.6 is 0 Å². The first-order chi connectivity index (χ1) is 6.86. The standard InChI is InChI=1S/C11H24N2O/c1-2-3-4-7-13-8-5-6-12-11(9-13)10-14/h11-12,14H,2-10H2,1H3. The molecular weight excluding hydrogens is 176 g/mol. The molecule has 0 aromatic rings. The van der Waals surface area contributed by atoms with Gasteiger partial charge in [-0.15, -0.1) is 0 Å².